The summed E-state index contributed by atoms with van der Waals surface area (Å²) in [6, 6.07) is 7.84. The van der Waals surface area contributed by atoms with Crippen molar-refractivity contribution in [1.82, 2.24) is 15.6 Å². The molecular formula is C21H31N5OS. The number of nitrogens with one attached hydrogen (secondary N) is 3. The van der Waals surface area contributed by atoms with E-state index in [2.05, 4.69) is 39.8 Å². The topological polar surface area (TPSA) is 78.4 Å². The highest BCUT2D eigenvalue weighted by molar-refractivity contribution is 7.11. The number of thiazole rings is 1. The van der Waals surface area contributed by atoms with Crippen molar-refractivity contribution >= 4 is 28.9 Å². The maximum absolute atomic E-state index is 11.7. The summed E-state index contributed by atoms with van der Waals surface area (Å²) in [4.78, 5) is 22.1. The van der Waals surface area contributed by atoms with Gasteiger partial charge >= 0.3 is 0 Å². The molecule has 1 heterocycles. The fourth-order valence-electron chi connectivity index (χ4n) is 2.57. The lowest BCUT2D eigenvalue weighted by Gasteiger charge is -2.11. The normalized spacial score (nSPS) is 11.3. The van der Waals surface area contributed by atoms with Crippen molar-refractivity contribution in [3.05, 3.63) is 45.9 Å². The molecule has 0 aliphatic rings. The van der Waals surface area contributed by atoms with Crippen molar-refractivity contribution in [2.24, 2.45) is 4.99 Å². The third-order valence-electron chi connectivity index (χ3n) is 4.06. The molecule has 0 saturated carbocycles. The molecule has 1 amide bonds. The van der Waals surface area contributed by atoms with E-state index in [1.54, 1.807) is 11.3 Å². The van der Waals surface area contributed by atoms with Gasteiger partial charge in [0.05, 0.1) is 11.6 Å². The first-order valence-electron chi connectivity index (χ1n) is 9.99. The number of amides is 1. The zero-order valence-electron chi connectivity index (χ0n) is 17.0. The molecule has 0 radical (unpaired) electrons. The third-order valence-corrected chi connectivity index (χ3v) is 5.26. The molecule has 0 spiro atoms. The average Bonchev–Trinajstić information content (AvgIpc) is 3.15. The van der Waals surface area contributed by atoms with E-state index in [-0.39, 0.29) is 5.91 Å². The van der Waals surface area contributed by atoms with Gasteiger partial charge in [-0.05, 0) is 37.5 Å². The minimum absolute atomic E-state index is 0.0539. The number of aromatic nitrogens is 1. The molecule has 1 aromatic carbocycles. The van der Waals surface area contributed by atoms with Crippen molar-refractivity contribution in [3.63, 3.8) is 0 Å². The van der Waals surface area contributed by atoms with E-state index in [1.165, 1.54) is 4.88 Å². The summed E-state index contributed by atoms with van der Waals surface area (Å²) in [7, 11) is 0. The Bertz CT molecular complexity index is 754. The number of anilines is 1. The Hall–Kier alpha value is -2.41. The van der Waals surface area contributed by atoms with Crippen molar-refractivity contribution in [2.45, 2.75) is 53.0 Å². The lowest BCUT2D eigenvalue weighted by atomic mass is 10.2. The minimum Gasteiger partial charge on any atom is -0.357 e. The number of benzene rings is 1. The number of guanidine groups is 1. The number of aryl methyl sites for hydroxylation is 1. The van der Waals surface area contributed by atoms with Crippen LogP contribution in [0.25, 0.3) is 0 Å². The molecule has 28 heavy (non-hydrogen) atoms. The molecule has 7 heteroatoms. The van der Waals surface area contributed by atoms with E-state index in [0.29, 0.717) is 13.0 Å². The second-order valence-corrected chi connectivity index (χ2v) is 7.64. The molecule has 0 unspecified atom stereocenters. The first-order valence-corrected chi connectivity index (χ1v) is 10.8. The number of nitrogens with zero attached hydrogens (tertiary/aromatic N) is 2. The summed E-state index contributed by atoms with van der Waals surface area (Å²) >= 11 is 1.78. The molecule has 3 N–H and O–H groups in total. The molecule has 152 valence electrons. The van der Waals surface area contributed by atoms with Crippen LogP contribution in [0.4, 0.5) is 5.69 Å². The summed E-state index contributed by atoms with van der Waals surface area (Å²) in [6.07, 6.45) is 5.29. The summed E-state index contributed by atoms with van der Waals surface area (Å²) in [5.41, 5.74) is 1.92. The Balaban J connectivity index is 1.84. The van der Waals surface area contributed by atoms with Crippen LogP contribution in [0.1, 0.15) is 49.1 Å². The van der Waals surface area contributed by atoms with Crippen LogP contribution in [0.3, 0.4) is 0 Å². The average molecular weight is 402 g/mol. The predicted molar refractivity (Wildman–Crippen MR) is 118 cm³/mol. The maximum atomic E-state index is 11.7. The highest BCUT2D eigenvalue weighted by Crippen LogP contribution is 2.13. The minimum atomic E-state index is 0.0539. The van der Waals surface area contributed by atoms with E-state index in [1.807, 2.05) is 37.4 Å². The van der Waals surface area contributed by atoms with Gasteiger partial charge in [0, 0.05) is 42.7 Å². The van der Waals surface area contributed by atoms with Crippen molar-refractivity contribution in [1.29, 1.82) is 0 Å². The molecule has 0 aliphatic heterocycles. The van der Waals surface area contributed by atoms with Gasteiger partial charge < -0.3 is 16.0 Å². The lowest BCUT2D eigenvalue weighted by Crippen LogP contribution is -2.38. The van der Waals surface area contributed by atoms with Gasteiger partial charge in [0.1, 0.15) is 0 Å². The van der Waals surface area contributed by atoms with Crippen LogP contribution in [0.15, 0.2) is 35.5 Å². The molecule has 0 saturated heterocycles. The Morgan fingerprint density at radius 2 is 1.93 bits per heavy atom. The van der Waals surface area contributed by atoms with Crippen LogP contribution in [0.2, 0.25) is 0 Å². The number of hydrogen-bond acceptors (Lipinski definition) is 4. The maximum Gasteiger partial charge on any atom is 0.224 e. The van der Waals surface area contributed by atoms with E-state index in [4.69, 9.17) is 0 Å². The highest BCUT2D eigenvalue weighted by atomic mass is 32.1. The van der Waals surface area contributed by atoms with Gasteiger partial charge in [0.2, 0.25) is 5.91 Å². The standard InChI is InChI=1S/C21H31N5OS/c1-4-7-19(27)26-17-10-8-16(9-11-17)14-25-21(22-6-3)23-13-12-20-24-15-18(5-2)28-20/h8-11,15H,4-7,12-14H2,1-3H3,(H,26,27)(H2,22,23,25). The fraction of sp³-hybridized carbons (Fsp3) is 0.476. The number of carbonyl (C=O) groups excluding carboxylic acids is 1. The van der Waals surface area contributed by atoms with Crippen LogP contribution in [0, 0.1) is 0 Å². The number of carbonyl (C=O) groups is 1. The fourth-order valence-corrected chi connectivity index (χ4v) is 3.43. The SMILES string of the molecule is CCCC(=O)Nc1ccc(CN=C(NCC)NCCc2ncc(CC)s2)cc1. The second kappa shape index (κ2) is 12.1. The molecule has 0 atom stereocenters. The number of rotatable bonds is 10. The molecule has 6 nitrogen and oxygen atoms in total. The first kappa shape index (κ1) is 21.9. The smallest absolute Gasteiger partial charge is 0.224 e. The molecule has 2 aromatic rings. The zero-order chi connectivity index (χ0) is 20.2. The summed E-state index contributed by atoms with van der Waals surface area (Å²) in [5.74, 6) is 0.855. The molecule has 2 rings (SSSR count). The van der Waals surface area contributed by atoms with Crippen molar-refractivity contribution < 1.29 is 4.79 Å². The monoisotopic (exact) mass is 401 g/mol. The van der Waals surface area contributed by atoms with Crippen LogP contribution in [-0.4, -0.2) is 29.9 Å². The largest absolute Gasteiger partial charge is 0.357 e. The van der Waals surface area contributed by atoms with E-state index >= 15 is 0 Å². The Morgan fingerprint density at radius 3 is 2.57 bits per heavy atom. The molecule has 0 bridgehead atoms. The number of aliphatic imine (C=N–C) groups is 1. The quantitative estimate of drug-likeness (QED) is 0.419. The Kier molecular flexibility index (Phi) is 9.48. The van der Waals surface area contributed by atoms with Gasteiger partial charge in [0.15, 0.2) is 5.96 Å². The van der Waals surface area contributed by atoms with Crippen molar-refractivity contribution in [3.8, 4) is 0 Å². The predicted octanol–water partition coefficient (Wildman–Crippen LogP) is 3.74. The second-order valence-electron chi connectivity index (χ2n) is 6.44. The van der Waals surface area contributed by atoms with Gasteiger partial charge in [-0.25, -0.2) is 9.98 Å². The van der Waals surface area contributed by atoms with Crippen molar-refractivity contribution in [2.75, 3.05) is 18.4 Å². The Labute approximate surface area is 171 Å². The van der Waals surface area contributed by atoms with Gasteiger partial charge in [-0.1, -0.05) is 26.0 Å². The summed E-state index contributed by atoms with van der Waals surface area (Å²) in [5, 5.41) is 10.7. The van der Waals surface area contributed by atoms with Gasteiger partial charge in [-0.15, -0.1) is 11.3 Å². The summed E-state index contributed by atoms with van der Waals surface area (Å²) in [6.45, 7) is 8.39. The van der Waals surface area contributed by atoms with Crippen LogP contribution < -0.4 is 16.0 Å². The number of hydrogen-bond donors (Lipinski definition) is 3. The summed E-state index contributed by atoms with van der Waals surface area (Å²) < 4.78 is 0. The third kappa shape index (κ3) is 7.68. The molecule has 1 aromatic heterocycles. The molecule has 0 fully saturated rings. The zero-order valence-corrected chi connectivity index (χ0v) is 17.9. The highest BCUT2D eigenvalue weighted by Gasteiger charge is 2.03. The van der Waals surface area contributed by atoms with E-state index in [9.17, 15) is 4.79 Å². The lowest BCUT2D eigenvalue weighted by molar-refractivity contribution is -0.116. The van der Waals surface area contributed by atoms with Crippen LogP contribution in [0.5, 0.6) is 0 Å². The Morgan fingerprint density at radius 1 is 1.14 bits per heavy atom. The van der Waals surface area contributed by atoms with Crippen LogP contribution in [-0.2, 0) is 24.2 Å². The van der Waals surface area contributed by atoms with E-state index < -0.39 is 0 Å². The molecular weight excluding hydrogens is 370 g/mol. The van der Waals surface area contributed by atoms with Crippen LogP contribution >= 0.6 is 11.3 Å². The van der Waals surface area contributed by atoms with Gasteiger partial charge in [-0.3, -0.25) is 4.79 Å². The van der Waals surface area contributed by atoms with Gasteiger partial charge in [-0.2, -0.15) is 0 Å². The first-order chi connectivity index (χ1) is 13.6. The van der Waals surface area contributed by atoms with Gasteiger partial charge in [0.25, 0.3) is 0 Å². The molecule has 0 aliphatic carbocycles. The van der Waals surface area contributed by atoms with E-state index in [0.717, 1.165) is 54.6 Å².